The Morgan fingerprint density at radius 2 is 0.694 bits per heavy atom. The average Bonchev–Trinajstić information content (AvgIpc) is 2.94. The van der Waals surface area contributed by atoms with Gasteiger partial charge in [-0.1, -0.05) is 152 Å². The van der Waals surface area contributed by atoms with Crippen LogP contribution in [-0.2, 0) is 4.12 Å². The summed E-state index contributed by atoms with van der Waals surface area (Å²) in [6.07, 6.45) is 0. The maximum absolute atomic E-state index is 7.83. The third-order valence-corrected chi connectivity index (χ3v) is 15.7. The number of rotatable bonds is 8. The monoisotopic (exact) mass is 500 g/mol. The van der Waals surface area contributed by atoms with Crippen LogP contribution in [0.1, 0.15) is 16.7 Å². The van der Waals surface area contributed by atoms with Gasteiger partial charge >= 0.3 is 0 Å². The highest BCUT2D eigenvalue weighted by Crippen LogP contribution is 2.36. The quantitative estimate of drug-likeness (QED) is 0.181. The Labute approximate surface area is 217 Å². The Kier molecular flexibility index (Phi) is 7.14. The molecule has 0 aliphatic rings. The molecular formula is C33H32OSi2. The highest BCUT2D eigenvalue weighted by atomic mass is 28.4. The first-order valence-corrected chi connectivity index (χ1v) is 17.5. The Balaban J connectivity index is 1.75. The third kappa shape index (κ3) is 4.78. The van der Waals surface area contributed by atoms with Gasteiger partial charge in [-0.3, -0.25) is 0 Å². The van der Waals surface area contributed by atoms with Crippen molar-refractivity contribution in [3.8, 4) is 0 Å². The first kappa shape index (κ1) is 24.2. The van der Waals surface area contributed by atoms with Crippen molar-refractivity contribution in [2.24, 2.45) is 0 Å². The molecule has 0 saturated heterocycles. The lowest BCUT2D eigenvalue weighted by molar-refractivity contribution is 0.556. The molecule has 0 heterocycles. The molecule has 0 atom stereocenters. The van der Waals surface area contributed by atoms with Crippen LogP contribution in [0, 0.1) is 0 Å². The molecule has 5 aromatic carbocycles. The van der Waals surface area contributed by atoms with Crippen molar-refractivity contribution in [3.63, 3.8) is 0 Å². The Bertz CT molecular complexity index is 1220. The summed E-state index contributed by atoms with van der Waals surface area (Å²) in [6.45, 7) is 4.79. The molecular weight excluding hydrogens is 469 g/mol. The van der Waals surface area contributed by atoms with E-state index in [1.807, 2.05) is 0 Å². The van der Waals surface area contributed by atoms with Crippen LogP contribution < -0.4 is 15.6 Å². The minimum Gasteiger partial charge on any atom is -0.445 e. The molecule has 0 aliphatic carbocycles. The zero-order valence-electron chi connectivity index (χ0n) is 20.9. The van der Waals surface area contributed by atoms with Crippen molar-refractivity contribution in [1.29, 1.82) is 0 Å². The first-order valence-electron chi connectivity index (χ1n) is 12.6. The Morgan fingerprint density at radius 1 is 0.417 bits per heavy atom. The SMILES string of the molecule is C[Si](C)(O[Si](c1ccccc1)(c1ccccc1)c1ccccc1)C(c1ccccc1)c1ccccc1. The summed E-state index contributed by atoms with van der Waals surface area (Å²) in [7, 11) is -5.26. The molecule has 0 fully saturated rings. The summed E-state index contributed by atoms with van der Waals surface area (Å²) in [6, 6.07) is 54.5. The van der Waals surface area contributed by atoms with E-state index in [1.54, 1.807) is 0 Å². The highest BCUT2D eigenvalue weighted by Gasteiger charge is 2.49. The van der Waals surface area contributed by atoms with Gasteiger partial charge in [-0.15, -0.1) is 0 Å². The van der Waals surface area contributed by atoms with Gasteiger partial charge in [-0.05, 0) is 39.8 Å². The minimum absolute atomic E-state index is 0.197. The molecule has 0 amide bonds. The number of hydrogen-bond donors (Lipinski definition) is 0. The predicted molar refractivity (Wildman–Crippen MR) is 157 cm³/mol. The van der Waals surface area contributed by atoms with E-state index in [0.717, 1.165) is 0 Å². The van der Waals surface area contributed by atoms with Gasteiger partial charge in [0.25, 0.3) is 8.32 Å². The van der Waals surface area contributed by atoms with E-state index in [4.69, 9.17) is 4.12 Å². The average molecular weight is 501 g/mol. The van der Waals surface area contributed by atoms with Gasteiger partial charge in [0.05, 0.1) is 0 Å². The summed E-state index contributed by atoms with van der Waals surface area (Å²) in [5, 5.41) is 3.84. The van der Waals surface area contributed by atoms with E-state index in [9.17, 15) is 0 Å². The van der Waals surface area contributed by atoms with Crippen molar-refractivity contribution >= 4 is 32.2 Å². The predicted octanol–water partition coefficient (Wildman–Crippen LogP) is 6.25. The zero-order valence-corrected chi connectivity index (χ0v) is 22.9. The summed E-state index contributed by atoms with van der Waals surface area (Å²) < 4.78 is 7.83. The molecule has 1 nitrogen and oxygen atoms in total. The maximum Gasteiger partial charge on any atom is 0.278 e. The van der Waals surface area contributed by atoms with Crippen LogP contribution in [0.5, 0.6) is 0 Å². The Hall–Kier alpha value is -3.51. The molecule has 5 aromatic rings. The van der Waals surface area contributed by atoms with Crippen LogP contribution in [0.15, 0.2) is 152 Å². The largest absolute Gasteiger partial charge is 0.445 e. The van der Waals surface area contributed by atoms with Crippen LogP contribution >= 0.6 is 0 Å². The first-order chi connectivity index (χ1) is 17.6. The van der Waals surface area contributed by atoms with Crippen LogP contribution in [0.4, 0.5) is 0 Å². The summed E-state index contributed by atoms with van der Waals surface area (Å²) >= 11 is 0. The molecule has 0 bridgehead atoms. The third-order valence-electron chi connectivity index (χ3n) is 6.92. The van der Waals surface area contributed by atoms with E-state index < -0.39 is 16.6 Å². The number of benzene rings is 5. The molecule has 0 N–H and O–H groups in total. The van der Waals surface area contributed by atoms with Gasteiger partial charge < -0.3 is 4.12 Å². The van der Waals surface area contributed by atoms with Gasteiger partial charge in [-0.25, -0.2) is 0 Å². The minimum atomic E-state index is -2.83. The fourth-order valence-electron chi connectivity index (χ4n) is 5.44. The highest BCUT2D eigenvalue weighted by molar-refractivity contribution is 7.10. The fraction of sp³-hybridized carbons (Fsp3) is 0.0909. The molecule has 178 valence electrons. The summed E-state index contributed by atoms with van der Waals surface area (Å²) in [5.41, 5.74) is 2.83. The van der Waals surface area contributed by atoms with E-state index >= 15 is 0 Å². The summed E-state index contributed by atoms with van der Waals surface area (Å²) in [5.74, 6) is 0. The molecule has 0 radical (unpaired) electrons. The van der Waals surface area contributed by atoms with E-state index in [-0.39, 0.29) is 5.54 Å². The topological polar surface area (TPSA) is 9.23 Å². The van der Waals surface area contributed by atoms with Crippen molar-refractivity contribution in [3.05, 3.63) is 163 Å². The molecule has 5 rings (SSSR count). The van der Waals surface area contributed by atoms with E-state index in [2.05, 4.69) is 165 Å². The molecule has 0 aliphatic heterocycles. The fourth-order valence-corrected chi connectivity index (χ4v) is 15.5. The number of hydrogen-bond acceptors (Lipinski definition) is 1. The standard InChI is InChI=1S/C33H32OSi2/c1-35(2,33(28-18-8-3-9-19-28)29-20-10-4-11-21-29)34-36(30-22-12-5-13-23-30,31-24-14-6-15-25-31)32-26-16-7-17-27-32/h3-27,33H,1-2H3. The molecule has 0 unspecified atom stereocenters. The van der Waals surface area contributed by atoms with Crippen LogP contribution in [0.3, 0.4) is 0 Å². The van der Waals surface area contributed by atoms with E-state index in [1.165, 1.54) is 26.7 Å². The van der Waals surface area contributed by atoms with Crippen LogP contribution in [-0.4, -0.2) is 16.6 Å². The van der Waals surface area contributed by atoms with Gasteiger partial charge in [0.1, 0.15) is 0 Å². The smallest absolute Gasteiger partial charge is 0.278 e. The lowest BCUT2D eigenvalue weighted by atomic mass is 10.0. The molecule has 0 saturated carbocycles. The maximum atomic E-state index is 7.83. The zero-order chi connectivity index (χ0) is 24.8. The Morgan fingerprint density at radius 3 is 1.00 bits per heavy atom. The molecule has 0 spiro atoms. The molecule has 0 aromatic heterocycles. The normalized spacial score (nSPS) is 12.0. The van der Waals surface area contributed by atoms with Gasteiger partial charge in [0.15, 0.2) is 8.32 Å². The van der Waals surface area contributed by atoms with Gasteiger partial charge in [0, 0.05) is 5.54 Å². The lowest BCUT2D eigenvalue weighted by Gasteiger charge is -2.43. The van der Waals surface area contributed by atoms with Gasteiger partial charge in [-0.2, -0.15) is 0 Å². The van der Waals surface area contributed by atoms with Crippen LogP contribution in [0.25, 0.3) is 0 Å². The molecule has 3 heteroatoms. The van der Waals surface area contributed by atoms with Gasteiger partial charge in [0.2, 0.25) is 0 Å². The van der Waals surface area contributed by atoms with Crippen molar-refractivity contribution in [2.45, 2.75) is 18.6 Å². The van der Waals surface area contributed by atoms with Crippen molar-refractivity contribution < 1.29 is 4.12 Å². The second-order valence-corrected chi connectivity index (χ2v) is 17.4. The van der Waals surface area contributed by atoms with Crippen molar-refractivity contribution in [2.75, 3.05) is 0 Å². The second-order valence-electron chi connectivity index (χ2n) is 9.74. The van der Waals surface area contributed by atoms with Crippen molar-refractivity contribution in [1.82, 2.24) is 0 Å². The molecule has 36 heavy (non-hydrogen) atoms. The van der Waals surface area contributed by atoms with Crippen LogP contribution in [0.2, 0.25) is 13.1 Å². The summed E-state index contributed by atoms with van der Waals surface area (Å²) in [4.78, 5) is 0. The lowest BCUT2D eigenvalue weighted by Crippen LogP contribution is -2.73. The van der Waals surface area contributed by atoms with E-state index in [0.29, 0.717) is 0 Å². The second kappa shape index (κ2) is 10.6.